The molecule has 1 saturated heterocycles. The predicted octanol–water partition coefficient (Wildman–Crippen LogP) is 0.930. The summed E-state index contributed by atoms with van der Waals surface area (Å²) in [6, 6.07) is 8.09. The summed E-state index contributed by atoms with van der Waals surface area (Å²) in [4.78, 5) is 14.2. The number of fused-ring (bicyclic) bond motifs is 1. The van der Waals surface area contributed by atoms with Gasteiger partial charge in [-0.1, -0.05) is 38.1 Å². The molecule has 20 heavy (non-hydrogen) atoms. The Bertz CT molecular complexity index is 521. The van der Waals surface area contributed by atoms with Gasteiger partial charge >= 0.3 is 0 Å². The first-order chi connectivity index (χ1) is 9.49. The maximum atomic E-state index is 12.5. The zero-order valence-electron chi connectivity index (χ0n) is 12.1. The number of nitrogens with one attached hydrogen (secondary N) is 1. The molecule has 0 aromatic heterocycles. The number of carbonyl (C=O) groups is 1. The summed E-state index contributed by atoms with van der Waals surface area (Å²) in [6.45, 7) is 5.66. The summed E-state index contributed by atoms with van der Waals surface area (Å²) < 4.78 is 0. The number of benzene rings is 1. The van der Waals surface area contributed by atoms with Crippen LogP contribution in [-0.2, 0) is 17.8 Å². The molecular weight excluding hydrogens is 252 g/mol. The fourth-order valence-corrected chi connectivity index (χ4v) is 2.99. The molecule has 0 bridgehead atoms. The normalized spacial score (nSPS) is 24.2. The summed E-state index contributed by atoms with van der Waals surface area (Å²) in [7, 11) is 0. The van der Waals surface area contributed by atoms with Gasteiger partial charge in [-0.15, -0.1) is 0 Å². The van der Waals surface area contributed by atoms with Gasteiger partial charge in [0.1, 0.15) is 5.60 Å². The van der Waals surface area contributed by atoms with Crippen LogP contribution in [0.15, 0.2) is 24.3 Å². The Kier molecular flexibility index (Phi) is 3.30. The first-order valence-corrected chi connectivity index (χ1v) is 7.31. The number of nitrogens with zero attached hydrogens (tertiary/aromatic N) is 1. The van der Waals surface area contributed by atoms with Crippen LogP contribution in [0, 0.1) is 5.92 Å². The van der Waals surface area contributed by atoms with Gasteiger partial charge in [-0.3, -0.25) is 4.79 Å². The molecule has 108 valence electrons. The monoisotopic (exact) mass is 274 g/mol. The van der Waals surface area contributed by atoms with E-state index in [4.69, 9.17) is 0 Å². The molecule has 2 heterocycles. The van der Waals surface area contributed by atoms with Gasteiger partial charge in [0, 0.05) is 6.54 Å². The van der Waals surface area contributed by atoms with E-state index in [2.05, 4.69) is 17.4 Å². The maximum absolute atomic E-state index is 12.5. The highest BCUT2D eigenvalue weighted by Crippen LogP contribution is 2.29. The van der Waals surface area contributed by atoms with Crippen LogP contribution < -0.4 is 5.32 Å². The van der Waals surface area contributed by atoms with E-state index in [0.29, 0.717) is 13.1 Å². The lowest BCUT2D eigenvalue weighted by Crippen LogP contribution is -2.68. The number of hydrogen-bond acceptors (Lipinski definition) is 3. The Morgan fingerprint density at radius 3 is 2.65 bits per heavy atom. The lowest BCUT2D eigenvalue weighted by atomic mass is 9.82. The molecular formula is C16H22N2O2. The van der Waals surface area contributed by atoms with Crippen molar-refractivity contribution in [3.05, 3.63) is 35.4 Å². The highest BCUT2D eigenvalue weighted by atomic mass is 16.3. The van der Waals surface area contributed by atoms with Crippen LogP contribution in [0.25, 0.3) is 0 Å². The van der Waals surface area contributed by atoms with E-state index in [-0.39, 0.29) is 17.9 Å². The highest BCUT2D eigenvalue weighted by molar-refractivity contribution is 5.83. The van der Waals surface area contributed by atoms with Crippen LogP contribution >= 0.6 is 0 Å². The lowest BCUT2D eigenvalue weighted by Gasteiger charge is -2.50. The first-order valence-electron chi connectivity index (χ1n) is 7.31. The Hall–Kier alpha value is -1.39. The number of likely N-dealkylation sites (tertiary alicyclic amines) is 1. The molecule has 2 N–H and O–H groups in total. The van der Waals surface area contributed by atoms with Gasteiger partial charge in [0.25, 0.3) is 0 Å². The minimum absolute atomic E-state index is 0.116. The molecule has 2 aliphatic rings. The largest absolute Gasteiger partial charge is 0.386 e. The molecule has 2 aliphatic heterocycles. The molecule has 1 amide bonds. The zero-order chi connectivity index (χ0) is 14.3. The van der Waals surface area contributed by atoms with Crippen molar-refractivity contribution in [1.29, 1.82) is 0 Å². The van der Waals surface area contributed by atoms with E-state index >= 15 is 0 Å². The number of hydrogen-bond donors (Lipinski definition) is 2. The smallest absolute Gasteiger partial charge is 0.240 e. The summed E-state index contributed by atoms with van der Waals surface area (Å²) in [5, 5.41) is 13.6. The number of aliphatic hydroxyl groups is 1. The maximum Gasteiger partial charge on any atom is 0.240 e. The van der Waals surface area contributed by atoms with Gasteiger partial charge < -0.3 is 15.3 Å². The van der Waals surface area contributed by atoms with Gasteiger partial charge in [-0.2, -0.15) is 0 Å². The van der Waals surface area contributed by atoms with Crippen LogP contribution in [0.1, 0.15) is 25.0 Å². The molecule has 0 saturated carbocycles. The van der Waals surface area contributed by atoms with Gasteiger partial charge in [-0.25, -0.2) is 0 Å². The molecule has 1 fully saturated rings. The number of carbonyl (C=O) groups excluding carboxylic acids is 1. The van der Waals surface area contributed by atoms with Gasteiger partial charge in [-0.05, 0) is 23.5 Å². The van der Waals surface area contributed by atoms with Crippen molar-refractivity contribution in [3.8, 4) is 0 Å². The zero-order valence-corrected chi connectivity index (χ0v) is 12.1. The molecule has 1 atom stereocenters. The molecule has 3 rings (SSSR count). The van der Waals surface area contributed by atoms with E-state index in [1.165, 1.54) is 11.1 Å². The fourth-order valence-electron chi connectivity index (χ4n) is 2.99. The Balaban J connectivity index is 1.64. The third-order valence-corrected chi connectivity index (χ3v) is 4.70. The average molecular weight is 274 g/mol. The van der Waals surface area contributed by atoms with Crippen molar-refractivity contribution in [2.24, 2.45) is 5.92 Å². The molecule has 0 unspecified atom stereocenters. The standard InChI is InChI=1S/C16H22N2O2/c1-11(2)16(20)9-18(10-16)15(19)14-7-12-5-3-4-6-13(12)8-17-14/h3-6,11,14,17,20H,7-10H2,1-2H3/t14-/m1/s1. The number of rotatable bonds is 2. The Labute approximate surface area is 119 Å². The van der Waals surface area contributed by atoms with E-state index in [9.17, 15) is 9.90 Å². The van der Waals surface area contributed by atoms with Crippen LogP contribution in [0.2, 0.25) is 0 Å². The number of amides is 1. The first kappa shape index (κ1) is 13.6. The fraction of sp³-hybridized carbons (Fsp3) is 0.562. The second kappa shape index (κ2) is 4.86. The Morgan fingerprint density at radius 2 is 2.00 bits per heavy atom. The van der Waals surface area contributed by atoms with Gasteiger partial charge in [0.05, 0.1) is 19.1 Å². The van der Waals surface area contributed by atoms with Crippen LogP contribution in [0.5, 0.6) is 0 Å². The second-order valence-electron chi connectivity index (χ2n) is 6.36. The quantitative estimate of drug-likeness (QED) is 0.843. The Morgan fingerprint density at radius 1 is 1.35 bits per heavy atom. The van der Waals surface area contributed by atoms with Crippen molar-refractivity contribution in [2.75, 3.05) is 13.1 Å². The van der Waals surface area contributed by atoms with E-state index < -0.39 is 5.60 Å². The molecule has 0 aliphatic carbocycles. The van der Waals surface area contributed by atoms with Crippen molar-refractivity contribution >= 4 is 5.91 Å². The van der Waals surface area contributed by atoms with E-state index in [1.54, 1.807) is 4.90 Å². The average Bonchev–Trinajstić information content (AvgIpc) is 2.42. The third-order valence-electron chi connectivity index (χ3n) is 4.70. The van der Waals surface area contributed by atoms with Gasteiger partial charge in [0.2, 0.25) is 5.91 Å². The molecule has 4 nitrogen and oxygen atoms in total. The van der Waals surface area contributed by atoms with Crippen molar-refractivity contribution in [1.82, 2.24) is 10.2 Å². The minimum Gasteiger partial charge on any atom is -0.386 e. The molecule has 4 heteroatoms. The van der Waals surface area contributed by atoms with E-state index in [1.807, 2.05) is 26.0 Å². The van der Waals surface area contributed by atoms with Crippen LogP contribution in [0.3, 0.4) is 0 Å². The molecule has 1 aromatic carbocycles. The second-order valence-corrected chi connectivity index (χ2v) is 6.36. The third kappa shape index (κ3) is 2.23. The van der Waals surface area contributed by atoms with Crippen LogP contribution in [-0.4, -0.2) is 40.6 Å². The van der Waals surface area contributed by atoms with E-state index in [0.717, 1.165) is 13.0 Å². The highest BCUT2D eigenvalue weighted by Gasteiger charge is 2.47. The summed E-state index contributed by atoms with van der Waals surface area (Å²) in [5.41, 5.74) is 1.84. The molecule has 1 aromatic rings. The SMILES string of the molecule is CC(C)C1(O)CN(C(=O)[C@H]2Cc3ccccc3CN2)C1. The molecule has 0 spiro atoms. The number of β-amino-alcohol motifs (C(OH)–C–C–N with tert-alkyl or cyclic N) is 1. The van der Waals surface area contributed by atoms with Crippen LogP contribution in [0.4, 0.5) is 0 Å². The topological polar surface area (TPSA) is 52.6 Å². The van der Waals surface area contributed by atoms with Crippen molar-refractivity contribution in [3.63, 3.8) is 0 Å². The minimum atomic E-state index is -0.692. The van der Waals surface area contributed by atoms with Crippen molar-refractivity contribution < 1.29 is 9.90 Å². The van der Waals surface area contributed by atoms with Crippen molar-refractivity contribution in [2.45, 2.75) is 38.5 Å². The summed E-state index contributed by atoms with van der Waals surface area (Å²) in [6.07, 6.45) is 0.742. The predicted molar refractivity (Wildman–Crippen MR) is 77.1 cm³/mol. The summed E-state index contributed by atoms with van der Waals surface area (Å²) in [5.74, 6) is 0.302. The van der Waals surface area contributed by atoms with Gasteiger partial charge in [0.15, 0.2) is 0 Å². The molecule has 0 radical (unpaired) electrons. The summed E-state index contributed by atoms with van der Waals surface area (Å²) >= 11 is 0. The lowest BCUT2D eigenvalue weighted by molar-refractivity contribution is -0.165.